The Morgan fingerprint density at radius 1 is 0.946 bits per heavy atom. The number of nitrogens with one attached hydrogen (secondary N) is 1. The Morgan fingerprint density at radius 3 is 2.14 bits per heavy atom. The summed E-state index contributed by atoms with van der Waals surface area (Å²) >= 11 is 0. The molecule has 0 atom stereocenters. The van der Waals surface area contributed by atoms with Crippen molar-refractivity contribution in [2.45, 2.75) is 40.2 Å². The predicted molar refractivity (Wildman–Crippen MR) is 148 cm³/mol. The van der Waals surface area contributed by atoms with Crippen LogP contribution in [0.25, 0.3) is 17.2 Å². The molecule has 0 saturated carbocycles. The van der Waals surface area contributed by atoms with Crippen LogP contribution in [0.1, 0.15) is 65.1 Å². The van der Waals surface area contributed by atoms with Crippen LogP contribution in [0.15, 0.2) is 72.2 Å². The minimum atomic E-state index is -0.774. The molecule has 0 saturated heterocycles. The zero-order chi connectivity index (χ0) is 27.3. The molecule has 0 spiro atoms. The monoisotopic (exact) mass is 497 g/mol. The van der Waals surface area contributed by atoms with Gasteiger partial charge >= 0.3 is 6.09 Å². The SMILES string of the molecule is C=Cc1ccc(-c2ccc(C(C)=O)cc2C)c(C(=O)Nc2ccc(C(N)=NC(=O)OC(C)(C)C)cc2)c1. The number of Topliss-reactive ketones (excluding diaryl/α,β-unsaturated/α-hetero) is 1. The molecule has 3 rings (SSSR count). The van der Waals surface area contributed by atoms with Crippen LogP contribution in [0.2, 0.25) is 0 Å². The van der Waals surface area contributed by atoms with Crippen LogP contribution in [0.3, 0.4) is 0 Å². The highest BCUT2D eigenvalue weighted by atomic mass is 16.6. The lowest BCUT2D eigenvalue weighted by Crippen LogP contribution is -2.24. The first kappa shape index (κ1) is 27.1. The number of benzene rings is 3. The zero-order valence-electron chi connectivity index (χ0n) is 21.7. The second-order valence-corrected chi connectivity index (χ2v) is 9.60. The van der Waals surface area contributed by atoms with Crippen molar-refractivity contribution in [1.29, 1.82) is 0 Å². The summed E-state index contributed by atoms with van der Waals surface area (Å²) in [6.45, 7) is 12.5. The van der Waals surface area contributed by atoms with Gasteiger partial charge in [0.15, 0.2) is 5.78 Å². The normalized spacial score (nSPS) is 11.5. The third-order valence-electron chi connectivity index (χ3n) is 5.49. The summed E-state index contributed by atoms with van der Waals surface area (Å²) in [5, 5.41) is 2.91. The Kier molecular flexibility index (Phi) is 8.07. The maximum Gasteiger partial charge on any atom is 0.436 e. The van der Waals surface area contributed by atoms with Crippen LogP contribution < -0.4 is 11.1 Å². The van der Waals surface area contributed by atoms with Crippen molar-refractivity contribution < 1.29 is 19.1 Å². The van der Waals surface area contributed by atoms with E-state index in [1.807, 2.05) is 31.2 Å². The van der Waals surface area contributed by atoms with E-state index in [9.17, 15) is 14.4 Å². The van der Waals surface area contributed by atoms with Crippen molar-refractivity contribution in [3.8, 4) is 11.1 Å². The fourth-order valence-corrected chi connectivity index (χ4v) is 3.67. The summed E-state index contributed by atoms with van der Waals surface area (Å²) in [5.41, 5.74) is 10.7. The van der Waals surface area contributed by atoms with E-state index in [2.05, 4.69) is 16.9 Å². The van der Waals surface area contributed by atoms with E-state index < -0.39 is 11.7 Å². The van der Waals surface area contributed by atoms with Crippen LogP contribution >= 0.6 is 0 Å². The molecule has 0 heterocycles. The number of amidine groups is 1. The molecule has 0 aliphatic carbocycles. The van der Waals surface area contributed by atoms with Gasteiger partial charge < -0.3 is 15.8 Å². The summed E-state index contributed by atoms with van der Waals surface area (Å²) in [6.07, 6.45) is 0.900. The lowest BCUT2D eigenvalue weighted by Gasteiger charge is -2.17. The van der Waals surface area contributed by atoms with Crippen LogP contribution in [0, 0.1) is 6.92 Å². The molecule has 0 aliphatic rings. The Labute approximate surface area is 217 Å². The highest BCUT2D eigenvalue weighted by molar-refractivity contribution is 6.10. The number of aryl methyl sites for hydroxylation is 1. The number of hydrogen-bond acceptors (Lipinski definition) is 4. The van der Waals surface area contributed by atoms with Gasteiger partial charge in [-0.3, -0.25) is 9.59 Å². The van der Waals surface area contributed by atoms with Crippen LogP contribution in [0.5, 0.6) is 0 Å². The maximum absolute atomic E-state index is 13.4. The first-order chi connectivity index (χ1) is 17.4. The van der Waals surface area contributed by atoms with Crippen molar-refractivity contribution in [1.82, 2.24) is 0 Å². The topological polar surface area (TPSA) is 111 Å². The second kappa shape index (κ2) is 11.0. The summed E-state index contributed by atoms with van der Waals surface area (Å²) < 4.78 is 5.16. The predicted octanol–water partition coefficient (Wildman–Crippen LogP) is 6.40. The molecule has 0 bridgehead atoms. The summed E-state index contributed by atoms with van der Waals surface area (Å²) in [7, 11) is 0. The van der Waals surface area contributed by atoms with Gasteiger partial charge in [0.2, 0.25) is 0 Å². The first-order valence-corrected chi connectivity index (χ1v) is 11.8. The Bertz CT molecular complexity index is 1400. The number of amides is 2. The lowest BCUT2D eigenvalue weighted by atomic mass is 9.92. The van der Waals surface area contributed by atoms with Gasteiger partial charge in [-0.05, 0) is 93.3 Å². The molecule has 0 radical (unpaired) electrons. The van der Waals surface area contributed by atoms with Crippen LogP contribution in [-0.4, -0.2) is 29.2 Å². The van der Waals surface area contributed by atoms with E-state index >= 15 is 0 Å². The smallest absolute Gasteiger partial charge is 0.436 e. The fourth-order valence-electron chi connectivity index (χ4n) is 3.67. The number of carbonyl (C=O) groups excluding carboxylic acids is 3. The lowest BCUT2D eigenvalue weighted by molar-refractivity contribution is 0.0604. The molecule has 3 aromatic carbocycles. The Morgan fingerprint density at radius 2 is 1.57 bits per heavy atom. The van der Waals surface area contributed by atoms with Crippen molar-refractivity contribution in [3.05, 3.63) is 95.1 Å². The Hall–Kier alpha value is -4.52. The van der Waals surface area contributed by atoms with Crippen molar-refractivity contribution in [2.75, 3.05) is 5.32 Å². The number of carbonyl (C=O) groups is 3. The number of rotatable bonds is 6. The standard InChI is InChI=1S/C30H31N3O4/c1-7-20-8-14-25(24-15-11-22(19(3)34)16-18(24)2)26(17-20)28(35)32-23-12-9-21(10-13-23)27(31)33-29(36)37-30(4,5)6/h7-17H,1H2,2-6H3,(H,32,35)(H2,31,33,36). The molecule has 3 aromatic rings. The van der Waals surface area contributed by atoms with Crippen molar-refractivity contribution in [2.24, 2.45) is 10.7 Å². The van der Waals surface area contributed by atoms with E-state index in [0.717, 1.165) is 22.3 Å². The molecule has 190 valence electrons. The fraction of sp³-hybridized carbons (Fsp3) is 0.200. The van der Waals surface area contributed by atoms with Gasteiger partial charge in [0.05, 0.1) is 0 Å². The minimum absolute atomic E-state index is 0.0116. The maximum atomic E-state index is 13.4. The number of aliphatic imine (C=N–C) groups is 1. The van der Waals surface area contributed by atoms with E-state index in [4.69, 9.17) is 10.5 Å². The Balaban J connectivity index is 1.87. The van der Waals surface area contributed by atoms with Crippen LogP contribution in [-0.2, 0) is 4.74 Å². The van der Waals surface area contributed by atoms with Gasteiger partial charge in [-0.2, -0.15) is 4.99 Å². The number of nitrogens with zero attached hydrogens (tertiary/aromatic N) is 1. The number of anilines is 1. The van der Waals surface area contributed by atoms with Gasteiger partial charge in [0, 0.05) is 22.4 Å². The molecule has 0 aromatic heterocycles. The zero-order valence-corrected chi connectivity index (χ0v) is 21.7. The average Bonchev–Trinajstić information content (AvgIpc) is 2.82. The summed E-state index contributed by atoms with van der Waals surface area (Å²) in [6, 6.07) is 17.6. The number of nitrogens with two attached hydrogens (primary N) is 1. The highest BCUT2D eigenvalue weighted by Gasteiger charge is 2.18. The minimum Gasteiger partial charge on any atom is -0.442 e. The first-order valence-electron chi connectivity index (χ1n) is 11.8. The van der Waals surface area contributed by atoms with Gasteiger partial charge in [-0.15, -0.1) is 0 Å². The van der Waals surface area contributed by atoms with Crippen molar-refractivity contribution >= 4 is 35.4 Å². The molecule has 7 nitrogen and oxygen atoms in total. The molecule has 0 unspecified atom stereocenters. The van der Waals surface area contributed by atoms with E-state index in [0.29, 0.717) is 22.4 Å². The van der Waals surface area contributed by atoms with E-state index in [1.54, 1.807) is 63.2 Å². The molecule has 7 heteroatoms. The largest absolute Gasteiger partial charge is 0.442 e. The molecular weight excluding hydrogens is 466 g/mol. The second-order valence-electron chi connectivity index (χ2n) is 9.60. The average molecular weight is 498 g/mol. The van der Waals surface area contributed by atoms with E-state index in [-0.39, 0.29) is 17.5 Å². The number of hydrogen-bond donors (Lipinski definition) is 2. The molecule has 37 heavy (non-hydrogen) atoms. The van der Waals surface area contributed by atoms with Gasteiger partial charge in [-0.1, -0.05) is 36.9 Å². The van der Waals surface area contributed by atoms with Crippen LogP contribution in [0.4, 0.5) is 10.5 Å². The third-order valence-corrected chi connectivity index (χ3v) is 5.49. The molecule has 3 N–H and O–H groups in total. The van der Waals surface area contributed by atoms with Gasteiger partial charge in [0.1, 0.15) is 11.4 Å². The molecule has 2 amide bonds. The quantitative estimate of drug-likeness (QED) is 0.233. The highest BCUT2D eigenvalue weighted by Crippen LogP contribution is 2.30. The van der Waals surface area contributed by atoms with E-state index in [1.165, 1.54) is 6.92 Å². The third kappa shape index (κ3) is 7.01. The number of ether oxygens (including phenoxy) is 1. The molecule has 0 aliphatic heterocycles. The number of ketones is 1. The van der Waals surface area contributed by atoms with Gasteiger partial charge in [0.25, 0.3) is 5.91 Å². The van der Waals surface area contributed by atoms with Crippen molar-refractivity contribution in [3.63, 3.8) is 0 Å². The molecular formula is C30H31N3O4. The summed E-state index contributed by atoms with van der Waals surface area (Å²) in [5.74, 6) is -0.315. The molecule has 0 fully saturated rings. The van der Waals surface area contributed by atoms with Gasteiger partial charge in [-0.25, -0.2) is 4.79 Å². The summed E-state index contributed by atoms with van der Waals surface area (Å²) in [4.78, 5) is 40.8.